The first-order valence-corrected chi connectivity index (χ1v) is 10.7. The first-order valence-electron chi connectivity index (χ1n) is 10.3. The summed E-state index contributed by atoms with van der Waals surface area (Å²) in [4.78, 5) is 19.0. The van der Waals surface area contributed by atoms with E-state index in [-0.39, 0.29) is 18.4 Å². The fourth-order valence-corrected chi connectivity index (χ4v) is 3.84. The number of ether oxygens (including phenoxy) is 2. The van der Waals surface area contributed by atoms with E-state index in [1.807, 2.05) is 29.2 Å². The maximum absolute atomic E-state index is 12.7. The van der Waals surface area contributed by atoms with E-state index in [4.69, 9.17) is 25.5 Å². The molecule has 1 aliphatic heterocycles. The van der Waals surface area contributed by atoms with Crippen molar-refractivity contribution in [2.45, 2.75) is 25.2 Å². The van der Waals surface area contributed by atoms with Gasteiger partial charge in [-0.25, -0.2) is 4.98 Å². The van der Waals surface area contributed by atoms with E-state index in [2.05, 4.69) is 4.98 Å². The zero-order chi connectivity index (χ0) is 21.6. The second-order valence-corrected chi connectivity index (χ2v) is 8.05. The second-order valence-electron chi connectivity index (χ2n) is 7.61. The molecule has 2 aromatic carbocycles. The number of methoxy groups -OCH3 is 1. The Morgan fingerprint density at radius 1 is 1.16 bits per heavy atom. The molecule has 6 nitrogen and oxygen atoms in total. The molecule has 1 aliphatic rings. The standard InChI is InChI=1S/C24H25ClN2O4/c1-29-20-8-10-21(11-9-20)30-16-23(28)27-12-2-3-18(15-27)24-26-14-22(31-24)13-17-4-6-19(25)7-5-17/h4-11,14,18H,2-3,12-13,15-16H2,1H3/t18-/m1/s1. The lowest BCUT2D eigenvalue weighted by atomic mass is 9.98. The molecule has 2 heterocycles. The molecule has 162 valence electrons. The molecule has 31 heavy (non-hydrogen) atoms. The van der Waals surface area contributed by atoms with Crippen molar-refractivity contribution in [2.24, 2.45) is 0 Å². The summed E-state index contributed by atoms with van der Waals surface area (Å²) in [5.74, 6) is 2.95. The van der Waals surface area contributed by atoms with E-state index in [1.54, 1.807) is 37.6 Å². The highest BCUT2D eigenvalue weighted by Crippen LogP contribution is 2.27. The van der Waals surface area contributed by atoms with Gasteiger partial charge in [-0.05, 0) is 54.8 Å². The maximum atomic E-state index is 12.7. The van der Waals surface area contributed by atoms with Gasteiger partial charge in [-0.1, -0.05) is 23.7 Å². The number of amides is 1. The molecule has 0 saturated carbocycles. The van der Waals surface area contributed by atoms with Gasteiger partial charge in [-0.3, -0.25) is 4.79 Å². The summed E-state index contributed by atoms with van der Waals surface area (Å²) in [5, 5.41) is 0.713. The molecular formula is C24H25ClN2O4. The van der Waals surface area contributed by atoms with Crippen LogP contribution in [0, 0.1) is 0 Å². The van der Waals surface area contributed by atoms with Crippen LogP contribution in [-0.4, -0.2) is 42.6 Å². The number of hydrogen-bond donors (Lipinski definition) is 0. The molecule has 0 aliphatic carbocycles. The first-order chi connectivity index (χ1) is 15.1. The molecule has 1 aromatic heterocycles. The Bertz CT molecular complexity index is 1000. The van der Waals surface area contributed by atoms with Crippen LogP contribution in [0.2, 0.25) is 5.02 Å². The van der Waals surface area contributed by atoms with Crippen LogP contribution in [0.25, 0.3) is 0 Å². The van der Waals surface area contributed by atoms with Crippen LogP contribution in [0.3, 0.4) is 0 Å². The third kappa shape index (κ3) is 5.58. The molecule has 3 aromatic rings. The average molecular weight is 441 g/mol. The Labute approximate surface area is 186 Å². The summed E-state index contributed by atoms with van der Waals surface area (Å²) in [5.41, 5.74) is 1.11. The number of carbonyl (C=O) groups is 1. The second kappa shape index (κ2) is 9.88. The van der Waals surface area contributed by atoms with E-state index in [1.165, 1.54) is 0 Å². The summed E-state index contributed by atoms with van der Waals surface area (Å²) in [7, 11) is 1.61. The third-order valence-electron chi connectivity index (χ3n) is 5.41. The molecule has 4 rings (SSSR count). The zero-order valence-electron chi connectivity index (χ0n) is 17.4. The molecule has 0 spiro atoms. The quantitative estimate of drug-likeness (QED) is 0.532. The Hall–Kier alpha value is -2.99. The molecule has 1 saturated heterocycles. The van der Waals surface area contributed by atoms with Crippen LogP contribution < -0.4 is 9.47 Å². The molecular weight excluding hydrogens is 416 g/mol. The predicted octanol–water partition coefficient (Wildman–Crippen LogP) is 4.71. The smallest absolute Gasteiger partial charge is 0.260 e. The number of rotatable bonds is 7. The van der Waals surface area contributed by atoms with Gasteiger partial charge >= 0.3 is 0 Å². The summed E-state index contributed by atoms with van der Waals surface area (Å²) < 4.78 is 16.8. The highest BCUT2D eigenvalue weighted by atomic mass is 35.5. The molecule has 7 heteroatoms. The van der Waals surface area contributed by atoms with E-state index in [0.717, 1.165) is 36.5 Å². The van der Waals surface area contributed by atoms with Crippen molar-refractivity contribution in [3.8, 4) is 11.5 Å². The fourth-order valence-electron chi connectivity index (χ4n) is 3.71. The number of piperidine rings is 1. The van der Waals surface area contributed by atoms with Crippen molar-refractivity contribution in [1.29, 1.82) is 0 Å². The maximum Gasteiger partial charge on any atom is 0.260 e. The molecule has 0 N–H and O–H groups in total. The van der Waals surface area contributed by atoms with Crippen molar-refractivity contribution >= 4 is 17.5 Å². The number of nitrogens with zero attached hydrogens (tertiary/aromatic N) is 2. The van der Waals surface area contributed by atoms with Crippen molar-refractivity contribution in [2.75, 3.05) is 26.8 Å². The number of carbonyl (C=O) groups excluding carboxylic acids is 1. The minimum absolute atomic E-state index is 0.00640. The highest BCUT2D eigenvalue weighted by molar-refractivity contribution is 6.30. The van der Waals surface area contributed by atoms with E-state index >= 15 is 0 Å². The number of halogens is 1. The summed E-state index contributed by atoms with van der Waals surface area (Å²) in [6.45, 7) is 1.32. The summed E-state index contributed by atoms with van der Waals surface area (Å²) in [6.07, 6.45) is 4.30. The molecule has 1 amide bonds. The van der Waals surface area contributed by atoms with E-state index < -0.39 is 0 Å². The lowest BCUT2D eigenvalue weighted by Crippen LogP contribution is -2.41. The summed E-state index contributed by atoms with van der Waals surface area (Å²) >= 11 is 5.95. The van der Waals surface area contributed by atoms with Crippen molar-refractivity contribution in [3.05, 3.63) is 77.0 Å². The monoisotopic (exact) mass is 440 g/mol. The van der Waals surface area contributed by atoms with E-state index in [0.29, 0.717) is 29.6 Å². The van der Waals surface area contributed by atoms with Gasteiger partial charge < -0.3 is 18.8 Å². The van der Waals surface area contributed by atoms with Gasteiger partial charge in [0.25, 0.3) is 5.91 Å². The normalized spacial score (nSPS) is 16.2. The van der Waals surface area contributed by atoms with Crippen molar-refractivity contribution < 1.29 is 18.7 Å². The number of likely N-dealkylation sites (tertiary alicyclic amines) is 1. The van der Waals surface area contributed by atoms with Gasteiger partial charge in [-0.2, -0.15) is 0 Å². The number of benzene rings is 2. The SMILES string of the molecule is COc1ccc(OCC(=O)N2CCC[C@@H](c3ncc(Cc4ccc(Cl)cc4)o3)C2)cc1. The van der Waals surface area contributed by atoms with Gasteiger partial charge in [0.15, 0.2) is 12.5 Å². The number of hydrogen-bond acceptors (Lipinski definition) is 5. The highest BCUT2D eigenvalue weighted by Gasteiger charge is 2.28. The van der Waals surface area contributed by atoms with Gasteiger partial charge in [-0.15, -0.1) is 0 Å². The lowest BCUT2D eigenvalue weighted by Gasteiger charge is -2.31. The Morgan fingerprint density at radius 3 is 2.65 bits per heavy atom. The number of oxazole rings is 1. The van der Waals surface area contributed by atoms with E-state index in [9.17, 15) is 4.79 Å². The lowest BCUT2D eigenvalue weighted by molar-refractivity contribution is -0.134. The fraction of sp³-hybridized carbons (Fsp3) is 0.333. The van der Waals surface area contributed by atoms with Crippen molar-refractivity contribution in [1.82, 2.24) is 9.88 Å². The van der Waals surface area contributed by atoms with Crippen molar-refractivity contribution in [3.63, 3.8) is 0 Å². The first kappa shape index (κ1) is 21.2. The van der Waals surface area contributed by atoms with Gasteiger partial charge in [0.05, 0.1) is 19.2 Å². The molecule has 0 bridgehead atoms. The molecule has 0 radical (unpaired) electrons. The van der Waals surface area contributed by atoms with Crippen LogP contribution in [0.1, 0.15) is 36.0 Å². The van der Waals surface area contributed by atoms with Crippen LogP contribution >= 0.6 is 11.6 Å². The Kier molecular flexibility index (Phi) is 6.77. The Balaban J connectivity index is 1.32. The molecule has 1 atom stereocenters. The van der Waals surface area contributed by atoms with Crippen LogP contribution in [-0.2, 0) is 11.2 Å². The third-order valence-corrected chi connectivity index (χ3v) is 5.66. The summed E-state index contributed by atoms with van der Waals surface area (Å²) in [6, 6.07) is 14.9. The molecule has 1 fully saturated rings. The predicted molar refractivity (Wildman–Crippen MR) is 118 cm³/mol. The molecule has 0 unspecified atom stereocenters. The van der Waals surface area contributed by atoms with Gasteiger partial charge in [0.2, 0.25) is 0 Å². The minimum Gasteiger partial charge on any atom is -0.497 e. The largest absolute Gasteiger partial charge is 0.497 e. The van der Waals surface area contributed by atoms with Crippen LogP contribution in [0.4, 0.5) is 0 Å². The Morgan fingerprint density at radius 2 is 1.90 bits per heavy atom. The minimum atomic E-state index is -0.0338. The van der Waals surface area contributed by atoms with Crippen LogP contribution in [0.15, 0.2) is 59.1 Å². The topological polar surface area (TPSA) is 64.8 Å². The van der Waals surface area contributed by atoms with Gasteiger partial charge in [0.1, 0.15) is 17.3 Å². The average Bonchev–Trinajstić information content (AvgIpc) is 3.28. The van der Waals surface area contributed by atoms with Crippen LogP contribution in [0.5, 0.6) is 11.5 Å². The zero-order valence-corrected chi connectivity index (χ0v) is 18.2. The number of aromatic nitrogens is 1. The van der Waals surface area contributed by atoms with Gasteiger partial charge in [0, 0.05) is 24.5 Å².